The van der Waals surface area contributed by atoms with Crippen molar-refractivity contribution < 1.29 is 8.42 Å². The standard InChI is InChI=1S/C20H31N7O2S/c1-21-20(22-9-5-11-26-12-6-10-24-26)23-17-18-7-3-4-8-19(18)30(28,29)27-15-13-25(2)14-16-27/h3-4,6-8,10,12H,5,9,11,13-17H2,1-2H3,(H2,21,22,23). The molecule has 1 aliphatic rings. The van der Waals surface area contributed by atoms with E-state index in [0.29, 0.717) is 30.5 Å². The first-order valence-corrected chi connectivity index (χ1v) is 11.6. The van der Waals surface area contributed by atoms with Gasteiger partial charge in [-0.2, -0.15) is 9.40 Å². The molecule has 1 saturated heterocycles. The third-order valence-corrected chi connectivity index (χ3v) is 7.14. The van der Waals surface area contributed by atoms with Crippen LogP contribution in [0.1, 0.15) is 12.0 Å². The van der Waals surface area contributed by atoms with Gasteiger partial charge in [0.25, 0.3) is 0 Å². The van der Waals surface area contributed by atoms with Crippen LogP contribution in [0.3, 0.4) is 0 Å². The van der Waals surface area contributed by atoms with E-state index >= 15 is 0 Å². The molecule has 3 rings (SSSR count). The minimum Gasteiger partial charge on any atom is -0.356 e. The Hall–Kier alpha value is -2.43. The molecule has 1 aromatic heterocycles. The molecule has 1 fully saturated rings. The van der Waals surface area contributed by atoms with Crippen molar-refractivity contribution in [3.05, 3.63) is 48.3 Å². The Balaban J connectivity index is 1.57. The molecule has 0 amide bonds. The Bertz CT molecular complexity index is 920. The van der Waals surface area contributed by atoms with Crippen LogP contribution in [0.25, 0.3) is 0 Å². The first-order chi connectivity index (χ1) is 14.5. The number of aryl methyl sites for hydroxylation is 1. The van der Waals surface area contributed by atoms with E-state index in [9.17, 15) is 8.42 Å². The number of likely N-dealkylation sites (N-methyl/N-ethyl adjacent to an activating group) is 1. The van der Waals surface area contributed by atoms with Crippen LogP contribution in [-0.2, 0) is 23.1 Å². The van der Waals surface area contributed by atoms with Crippen molar-refractivity contribution in [2.45, 2.75) is 24.4 Å². The van der Waals surface area contributed by atoms with Crippen molar-refractivity contribution in [1.82, 2.24) is 29.6 Å². The van der Waals surface area contributed by atoms with Gasteiger partial charge in [-0.05, 0) is 31.2 Å². The summed E-state index contributed by atoms with van der Waals surface area (Å²) in [4.78, 5) is 6.73. The van der Waals surface area contributed by atoms with E-state index in [2.05, 4.69) is 25.6 Å². The number of hydrogen-bond donors (Lipinski definition) is 2. The van der Waals surface area contributed by atoms with Crippen molar-refractivity contribution in [2.24, 2.45) is 4.99 Å². The highest BCUT2D eigenvalue weighted by Gasteiger charge is 2.29. The Labute approximate surface area is 178 Å². The average Bonchev–Trinajstić information content (AvgIpc) is 3.27. The molecule has 0 radical (unpaired) electrons. The average molecular weight is 434 g/mol. The summed E-state index contributed by atoms with van der Waals surface area (Å²) in [6.07, 6.45) is 4.60. The lowest BCUT2D eigenvalue weighted by atomic mass is 10.2. The summed E-state index contributed by atoms with van der Waals surface area (Å²) in [5.74, 6) is 0.641. The molecule has 0 spiro atoms. The second-order valence-electron chi connectivity index (χ2n) is 7.29. The molecule has 1 aliphatic heterocycles. The molecular weight excluding hydrogens is 402 g/mol. The summed E-state index contributed by atoms with van der Waals surface area (Å²) >= 11 is 0. The summed E-state index contributed by atoms with van der Waals surface area (Å²) in [6.45, 7) is 4.45. The van der Waals surface area contributed by atoms with Crippen molar-refractivity contribution in [3.8, 4) is 0 Å². The van der Waals surface area contributed by atoms with E-state index in [1.807, 2.05) is 36.1 Å². The molecule has 0 saturated carbocycles. The number of piperazine rings is 1. The molecule has 164 valence electrons. The third kappa shape index (κ3) is 5.80. The van der Waals surface area contributed by atoms with Crippen LogP contribution in [0, 0.1) is 0 Å². The molecule has 0 aliphatic carbocycles. The van der Waals surface area contributed by atoms with Gasteiger partial charge in [0.15, 0.2) is 5.96 Å². The van der Waals surface area contributed by atoms with Gasteiger partial charge in [-0.25, -0.2) is 8.42 Å². The van der Waals surface area contributed by atoms with E-state index in [1.54, 1.807) is 29.7 Å². The van der Waals surface area contributed by atoms with Crippen LogP contribution in [0.4, 0.5) is 0 Å². The monoisotopic (exact) mass is 433 g/mol. The Morgan fingerprint density at radius 1 is 1.13 bits per heavy atom. The summed E-state index contributed by atoms with van der Waals surface area (Å²) in [5.41, 5.74) is 0.732. The maximum absolute atomic E-state index is 13.2. The third-order valence-electron chi connectivity index (χ3n) is 5.14. The number of aliphatic imine (C=N–C) groups is 1. The summed E-state index contributed by atoms with van der Waals surface area (Å²) in [7, 11) is 0.193. The zero-order valence-corrected chi connectivity index (χ0v) is 18.5. The molecule has 9 nitrogen and oxygen atoms in total. The number of nitrogens with zero attached hydrogens (tertiary/aromatic N) is 5. The largest absolute Gasteiger partial charge is 0.356 e. The lowest BCUT2D eigenvalue weighted by molar-refractivity contribution is 0.222. The van der Waals surface area contributed by atoms with Gasteiger partial charge in [0, 0.05) is 65.3 Å². The number of rotatable bonds is 8. The first-order valence-electron chi connectivity index (χ1n) is 10.2. The SMILES string of the molecule is CN=C(NCCCn1cccn1)NCc1ccccc1S(=O)(=O)N1CCN(C)CC1. The number of sulfonamides is 1. The van der Waals surface area contributed by atoms with Crippen molar-refractivity contribution in [2.75, 3.05) is 46.8 Å². The van der Waals surface area contributed by atoms with Gasteiger partial charge in [-0.1, -0.05) is 18.2 Å². The van der Waals surface area contributed by atoms with Crippen LogP contribution < -0.4 is 10.6 Å². The smallest absolute Gasteiger partial charge is 0.243 e. The minimum absolute atomic E-state index is 0.358. The van der Waals surface area contributed by atoms with Gasteiger partial charge < -0.3 is 15.5 Å². The summed E-state index contributed by atoms with van der Waals surface area (Å²) < 4.78 is 29.8. The van der Waals surface area contributed by atoms with E-state index in [-0.39, 0.29) is 0 Å². The number of aromatic nitrogens is 2. The zero-order valence-electron chi connectivity index (χ0n) is 17.7. The van der Waals surface area contributed by atoms with Gasteiger partial charge in [0.1, 0.15) is 0 Å². The van der Waals surface area contributed by atoms with Crippen LogP contribution >= 0.6 is 0 Å². The highest BCUT2D eigenvalue weighted by atomic mass is 32.2. The maximum atomic E-state index is 13.2. The Morgan fingerprint density at radius 3 is 2.60 bits per heavy atom. The fraction of sp³-hybridized carbons (Fsp3) is 0.500. The number of benzene rings is 1. The second-order valence-corrected chi connectivity index (χ2v) is 9.20. The Morgan fingerprint density at radius 2 is 1.90 bits per heavy atom. The van der Waals surface area contributed by atoms with Crippen molar-refractivity contribution >= 4 is 16.0 Å². The van der Waals surface area contributed by atoms with Gasteiger partial charge >= 0.3 is 0 Å². The fourth-order valence-corrected chi connectivity index (χ4v) is 4.99. The molecule has 0 atom stereocenters. The van der Waals surface area contributed by atoms with E-state index < -0.39 is 10.0 Å². The normalized spacial score (nSPS) is 16.5. The van der Waals surface area contributed by atoms with Crippen LogP contribution in [0.5, 0.6) is 0 Å². The lowest BCUT2D eigenvalue weighted by Crippen LogP contribution is -2.47. The van der Waals surface area contributed by atoms with Crippen LogP contribution in [0.2, 0.25) is 0 Å². The first kappa shape index (κ1) is 22.3. The van der Waals surface area contributed by atoms with Crippen molar-refractivity contribution in [3.63, 3.8) is 0 Å². The molecule has 2 aromatic rings. The Kier molecular flexibility index (Phi) is 7.83. The van der Waals surface area contributed by atoms with Gasteiger partial charge in [-0.3, -0.25) is 9.67 Å². The predicted octanol–water partition coefficient (Wildman–Crippen LogP) is 0.575. The van der Waals surface area contributed by atoms with Crippen LogP contribution in [0.15, 0.2) is 52.6 Å². The molecule has 30 heavy (non-hydrogen) atoms. The summed E-state index contributed by atoms with van der Waals surface area (Å²) in [6, 6.07) is 9.07. The van der Waals surface area contributed by atoms with Gasteiger partial charge in [0.2, 0.25) is 10.0 Å². The number of guanidine groups is 1. The fourth-order valence-electron chi connectivity index (χ4n) is 3.35. The molecule has 0 bridgehead atoms. The molecule has 1 aromatic carbocycles. The lowest BCUT2D eigenvalue weighted by Gasteiger charge is -2.32. The topological polar surface area (TPSA) is 94.9 Å². The van der Waals surface area contributed by atoms with E-state index in [4.69, 9.17) is 0 Å². The predicted molar refractivity (Wildman–Crippen MR) is 118 cm³/mol. The van der Waals surface area contributed by atoms with E-state index in [1.165, 1.54) is 0 Å². The highest BCUT2D eigenvalue weighted by molar-refractivity contribution is 7.89. The maximum Gasteiger partial charge on any atom is 0.243 e. The highest BCUT2D eigenvalue weighted by Crippen LogP contribution is 2.21. The quantitative estimate of drug-likeness (QED) is 0.359. The van der Waals surface area contributed by atoms with Gasteiger partial charge in [-0.15, -0.1) is 0 Å². The summed E-state index contributed by atoms with van der Waals surface area (Å²) in [5, 5.41) is 10.7. The van der Waals surface area contributed by atoms with Gasteiger partial charge in [0.05, 0.1) is 4.90 Å². The van der Waals surface area contributed by atoms with Crippen LogP contribution in [-0.4, -0.2) is 80.2 Å². The zero-order chi connectivity index (χ0) is 21.4. The molecule has 10 heteroatoms. The molecule has 0 unspecified atom stereocenters. The minimum atomic E-state index is -3.52. The van der Waals surface area contributed by atoms with E-state index in [0.717, 1.165) is 38.2 Å². The molecule has 2 heterocycles. The molecular formula is C20H31N7O2S. The molecule has 2 N–H and O–H groups in total. The number of hydrogen-bond acceptors (Lipinski definition) is 5. The second kappa shape index (κ2) is 10.6. The number of nitrogens with one attached hydrogen (secondary N) is 2. The van der Waals surface area contributed by atoms with Crippen molar-refractivity contribution in [1.29, 1.82) is 0 Å².